The van der Waals surface area contributed by atoms with Crippen LogP contribution < -0.4 is 5.32 Å². The van der Waals surface area contributed by atoms with E-state index in [1.807, 2.05) is 0 Å². The Balaban J connectivity index is 3.54. The molecule has 6 nitrogen and oxygen atoms in total. The molecule has 3 N–H and O–H groups in total. The molecule has 362 valence electrons. The monoisotopic (exact) mass is 870 g/mol. The molecule has 1 amide bonds. The summed E-state index contributed by atoms with van der Waals surface area (Å²) in [7, 11) is 0. The quantitative estimate of drug-likeness (QED) is 0.0245. The summed E-state index contributed by atoms with van der Waals surface area (Å²) >= 11 is 0. The number of allylic oxidation sites excluding steroid dienone is 8. The molecule has 0 heterocycles. The van der Waals surface area contributed by atoms with E-state index >= 15 is 0 Å². The molecule has 0 aliphatic heterocycles. The predicted octanol–water partition coefficient (Wildman–Crippen LogP) is 16.2. The lowest BCUT2D eigenvalue weighted by atomic mass is 10.0. The SMILES string of the molecule is CCC/C=C\C/C=C\CCCCCCCC(=O)OCCCCC/C=C\C=C/CCCCCCCCC(=O)NC(CO)C(O)CCCCCCCCCCCCCCCCCCC. The standard InChI is InChI=1S/C56H103NO5/c1-3-5-7-9-11-13-15-17-18-19-21-25-28-32-36-40-44-48-54(59)53(52-58)57-55(60)49-45-41-37-33-29-26-22-20-23-27-31-35-39-43-47-51-62-56(61)50-46-42-38-34-30-24-16-14-12-10-8-6-4-2/h8,10,14,16,20,23,27,31,53-54,58-59H,3-7,9,11-13,15,17-19,21-22,24-26,28-30,32-52H2,1-2H3,(H,57,60)/b10-8-,16-14-,23-20-,31-27-. The van der Waals surface area contributed by atoms with Crippen molar-refractivity contribution in [2.24, 2.45) is 0 Å². The molecule has 2 atom stereocenters. The summed E-state index contributed by atoms with van der Waals surface area (Å²) in [5.41, 5.74) is 0. The highest BCUT2D eigenvalue weighted by Gasteiger charge is 2.20. The number of carbonyl (C=O) groups is 2. The lowest BCUT2D eigenvalue weighted by Crippen LogP contribution is -2.45. The van der Waals surface area contributed by atoms with Crippen LogP contribution in [0.5, 0.6) is 0 Å². The lowest BCUT2D eigenvalue weighted by molar-refractivity contribution is -0.143. The fourth-order valence-electron chi connectivity index (χ4n) is 7.96. The number of aliphatic hydroxyl groups is 2. The highest BCUT2D eigenvalue weighted by atomic mass is 16.5. The van der Waals surface area contributed by atoms with Gasteiger partial charge in [0.2, 0.25) is 5.91 Å². The van der Waals surface area contributed by atoms with Crippen LogP contribution in [0.15, 0.2) is 48.6 Å². The summed E-state index contributed by atoms with van der Waals surface area (Å²) in [5, 5.41) is 23.3. The number of esters is 1. The molecular weight excluding hydrogens is 767 g/mol. The maximum Gasteiger partial charge on any atom is 0.305 e. The summed E-state index contributed by atoms with van der Waals surface area (Å²) in [6, 6.07) is -0.559. The van der Waals surface area contributed by atoms with E-state index in [2.05, 4.69) is 67.8 Å². The number of rotatable bonds is 49. The van der Waals surface area contributed by atoms with Gasteiger partial charge in [-0.05, 0) is 83.5 Å². The smallest absolute Gasteiger partial charge is 0.305 e. The molecule has 0 fully saturated rings. The second-order valence-corrected chi connectivity index (χ2v) is 18.2. The maximum atomic E-state index is 12.5. The predicted molar refractivity (Wildman–Crippen MR) is 269 cm³/mol. The van der Waals surface area contributed by atoms with E-state index in [9.17, 15) is 19.8 Å². The first-order chi connectivity index (χ1) is 30.5. The van der Waals surface area contributed by atoms with Crippen LogP contribution in [-0.4, -0.2) is 47.4 Å². The van der Waals surface area contributed by atoms with E-state index in [4.69, 9.17) is 4.74 Å². The van der Waals surface area contributed by atoms with Crippen molar-refractivity contribution in [1.29, 1.82) is 0 Å². The minimum atomic E-state index is -0.680. The maximum absolute atomic E-state index is 12.5. The number of amides is 1. The van der Waals surface area contributed by atoms with Crippen LogP contribution in [0.25, 0.3) is 0 Å². The Bertz CT molecular complexity index is 1050. The lowest BCUT2D eigenvalue weighted by Gasteiger charge is -2.22. The molecule has 0 saturated carbocycles. The fraction of sp³-hybridized carbons (Fsp3) is 0.821. The first-order valence-corrected chi connectivity index (χ1v) is 26.9. The van der Waals surface area contributed by atoms with Gasteiger partial charge in [0.1, 0.15) is 0 Å². The van der Waals surface area contributed by atoms with Gasteiger partial charge in [0.05, 0.1) is 25.4 Å². The Kier molecular flexibility index (Phi) is 49.6. The summed E-state index contributed by atoms with van der Waals surface area (Å²) in [5.74, 6) is -0.0955. The van der Waals surface area contributed by atoms with Crippen LogP contribution in [0.3, 0.4) is 0 Å². The van der Waals surface area contributed by atoms with Gasteiger partial charge in [-0.25, -0.2) is 0 Å². The third kappa shape index (κ3) is 47.3. The molecule has 62 heavy (non-hydrogen) atoms. The molecule has 0 rings (SSSR count). The molecule has 6 heteroatoms. The van der Waals surface area contributed by atoms with Gasteiger partial charge >= 0.3 is 5.97 Å². The van der Waals surface area contributed by atoms with Gasteiger partial charge in [-0.1, -0.05) is 223 Å². The third-order valence-corrected chi connectivity index (χ3v) is 12.1. The summed E-state index contributed by atoms with van der Waals surface area (Å²) in [6.07, 6.45) is 63.7. The first-order valence-electron chi connectivity index (χ1n) is 26.9. The van der Waals surface area contributed by atoms with Crippen molar-refractivity contribution in [2.45, 2.75) is 283 Å². The number of ether oxygens (including phenoxy) is 1. The Morgan fingerprint density at radius 1 is 0.468 bits per heavy atom. The minimum Gasteiger partial charge on any atom is -0.466 e. The fourth-order valence-corrected chi connectivity index (χ4v) is 7.96. The van der Waals surface area contributed by atoms with Crippen molar-refractivity contribution in [1.82, 2.24) is 5.32 Å². The molecule has 0 aromatic heterocycles. The zero-order valence-electron chi connectivity index (χ0n) is 41.1. The molecular formula is C56H103NO5. The van der Waals surface area contributed by atoms with Gasteiger partial charge in [0.15, 0.2) is 0 Å². The van der Waals surface area contributed by atoms with E-state index in [-0.39, 0.29) is 18.5 Å². The van der Waals surface area contributed by atoms with E-state index in [0.29, 0.717) is 25.9 Å². The molecule has 0 aromatic carbocycles. The zero-order chi connectivity index (χ0) is 45.1. The van der Waals surface area contributed by atoms with Crippen molar-refractivity contribution in [3.05, 3.63) is 48.6 Å². The van der Waals surface area contributed by atoms with E-state index < -0.39 is 12.1 Å². The average Bonchev–Trinajstić information content (AvgIpc) is 3.27. The van der Waals surface area contributed by atoms with Crippen molar-refractivity contribution in [3.63, 3.8) is 0 Å². The number of unbranched alkanes of at least 4 members (excludes halogenated alkanes) is 31. The van der Waals surface area contributed by atoms with Crippen LogP contribution in [0.2, 0.25) is 0 Å². The van der Waals surface area contributed by atoms with Gasteiger partial charge in [-0.3, -0.25) is 9.59 Å². The topological polar surface area (TPSA) is 95.9 Å². The van der Waals surface area contributed by atoms with Gasteiger partial charge < -0.3 is 20.3 Å². The molecule has 0 bridgehead atoms. The molecule has 2 unspecified atom stereocenters. The van der Waals surface area contributed by atoms with Crippen LogP contribution in [0.4, 0.5) is 0 Å². The normalized spacial score (nSPS) is 13.0. The molecule has 0 aliphatic carbocycles. The van der Waals surface area contributed by atoms with Crippen molar-refractivity contribution in [2.75, 3.05) is 13.2 Å². The van der Waals surface area contributed by atoms with Crippen LogP contribution >= 0.6 is 0 Å². The van der Waals surface area contributed by atoms with Crippen LogP contribution in [0, 0.1) is 0 Å². The molecule has 0 aromatic rings. The highest BCUT2D eigenvalue weighted by Crippen LogP contribution is 2.16. The van der Waals surface area contributed by atoms with Crippen LogP contribution in [0.1, 0.15) is 271 Å². The number of hydrogen-bond acceptors (Lipinski definition) is 5. The Labute approximate surface area is 385 Å². The number of nitrogens with one attached hydrogen (secondary N) is 1. The minimum absolute atomic E-state index is 0.0375. The van der Waals surface area contributed by atoms with Gasteiger partial charge in [-0.15, -0.1) is 0 Å². The number of hydrogen-bond donors (Lipinski definition) is 3. The molecule has 0 aliphatic rings. The molecule has 0 saturated heterocycles. The third-order valence-electron chi connectivity index (χ3n) is 12.1. The highest BCUT2D eigenvalue weighted by molar-refractivity contribution is 5.76. The van der Waals surface area contributed by atoms with Crippen molar-refractivity contribution < 1.29 is 24.5 Å². The average molecular weight is 870 g/mol. The van der Waals surface area contributed by atoms with Gasteiger partial charge in [0.25, 0.3) is 0 Å². The number of carbonyl (C=O) groups excluding carboxylic acids is 2. The van der Waals surface area contributed by atoms with Crippen molar-refractivity contribution in [3.8, 4) is 0 Å². The second-order valence-electron chi connectivity index (χ2n) is 18.2. The largest absolute Gasteiger partial charge is 0.466 e. The Morgan fingerprint density at radius 2 is 0.887 bits per heavy atom. The summed E-state index contributed by atoms with van der Waals surface area (Å²) < 4.78 is 5.42. The van der Waals surface area contributed by atoms with Gasteiger partial charge in [-0.2, -0.15) is 0 Å². The van der Waals surface area contributed by atoms with E-state index in [0.717, 1.165) is 89.9 Å². The molecule has 0 radical (unpaired) electrons. The van der Waals surface area contributed by atoms with Gasteiger partial charge in [0, 0.05) is 12.8 Å². The van der Waals surface area contributed by atoms with Crippen LogP contribution in [-0.2, 0) is 14.3 Å². The van der Waals surface area contributed by atoms with Crippen molar-refractivity contribution >= 4 is 11.9 Å². The second kappa shape index (κ2) is 51.5. The summed E-state index contributed by atoms with van der Waals surface area (Å²) in [4.78, 5) is 24.5. The zero-order valence-corrected chi connectivity index (χ0v) is 41.1. The summed E-state index contributed by atoms with van der Waals surface area (Å²) in [6.45, 7) is 4.82. The van der Waals surface area contributed by atoms with E-state index in [1.54, 1.807) is 0 Å². The first kappa shape index (κ1) is 59.8. The Morgan fingerprint density at radius 3 is 1.39 bits per heavy atom. The number of aliphatic hydroxyl groups excluding tert-OH is 2. The molecule has 0 spiro atoms. The van der Waals surface area contributed by atoms with E-state index in [1.165, 1.54) is 148 Å². The Hall–Kier alpha value is -2.18.